The maximum atomic E-state index is 12.0. The van der Waals surface area contributed by atoms with Crippen molar-refractivity contribution in [3.8, 4) is 23.0 Å². The number of nitrogens with two attached hydrogens (primary N) is 1. The Labute approximate surface area is 224 Å². The number of benzene rings is 2. The summed E-state index contributed by atoms with van der Waals surface area (Å²) in [5.74, 6) is 2.90. The molecule has 11 nitrogen and oxygen atoms in total. The van der Waals surface area contributed by atoms with Gasteiger partial charge >= 0.3 is 6.09 Å². The Kier molecular flexibility index (Phi) is 13.9. The van der Waals surface area contributed by atoms with Gasteiger partial charge in [0.2, 0.25) is 5.91 Å². The summed E-state index contributed by atoms with van der Waals surface area (Å²) in [6.07, 6.45) is 0.0614. The van der Waals surface area contributed by atoms with Crippen LogP contribution < -0.4 is 35.3 Å². The minimum atomic E-state index is -1.05. The highest BCUT2D eigenvalue weighted by Gasteiger charge is 2.10. The molecule has 2 aromatic rings. The number of ether oxygens (including phenoxy) is 4. The molecule has 2 rings (SSSR count). The summed E-state index contributed by atoms with van der Waals surface area (Å²) in [7, 11) is 6.21. The molecule has 0 radical (unpaired) electrons. The van der Waals surface area contributed by atoms with E-state index in [-0.39, 0.29) is 30.9 Å². The molecule has 2 aromatic carbocycles. The average Bonchev–Trinajstić information content (AvgIpc) is 2.86. The minimum Gasteiger partial charge on any atom is -0.493 e. The number of carboxylic acid groups (broad SMARTS) is 1. The number of hydrogen-bond acceptors (Lipinski definition) is 7. The number of rotatable bonds is 11. The lowest BCUT2D eigenvalue weighted by Gasteiger charge is -2.12. The molecule has 0 unspecified atom stereocenters. The van der Waals surface area contributed by atoms with Crippen LogP contribution in [0.4, 0.5) is 4.79 Å². The van der Waals surface area contributed by atoms with Crippen molar-refractivity contribution in [2.45, 2.75) is 46.2 Å². The molecule has 0 aliphatic carbocycles. The van der Waals surface area contributed by atoms with E-state index in [4.69, 9.17) is 29.8 Å². The van der Waals surface area contributed by atoms with Crippen LogP contribution in [-0.4, -0.2) is 57.5 Å². The number of aliphatic imine (C=N–C) groups is 1. The van der Waals surface area contributed by atoms with Crippen LogP contribution in [0.1, 0.15) is 38.3 Å². The molecule has 0 fully saturated rings. The molecule has 210 valence electrons. The molecular weight excluding hydrogens is 492 g/mol. The third kappa shape index (κ3) is 11.7. The van der Waals surface area contributed by atoms with Crippen LogP contribution >= 0.6 is 0 Å². The molecule has 5 N–H and O–H groups in total. The first-order valence-electron chi connectivity index (χ1n) is 12.0. The number of hydrogen-bond donors (Lipinski definition) is 4. The SMILES string of the molecule is COc1ccc(CC(=O)NC(N)=N[C@H](C)CC(C)C)cc1OC.COc1ccc(CNC(=O)O)cc1OC. The Hall–Kier alpha value is -4.15. The number of nitrogens with zero attached hydrogens (tertiary/aromatic N) is 1. The van der Waals surface area contributed by atoms with Gasteiger partial charge in [0, 0.05) is 6.54 Å². The first-order chi connectivity index (χ1) is 18.0. The lowest BCUT2D eigenvalue weighted by molar-refractivity contribution is -0.119. The number of amides is 2. The molecule has 2 amide bonds. The first-order valence-corrected chi connectivity index (χ1v) is 12.0. The molecule has 0 spiro atoms. The van der Waals surface area contributed by atoms with Crippen molar-refractivity contribution >= 4 is 18.0 Å². The van der Waals surface area contributed by atoms with Crippen molar-refractivity contribution in [3.63, 3.8) is 0 Å². The molecule has 0 saturated heterocycles. The number of carbonyl (C=O) groups is 2. The summed E-state index contributed by atoms with van der Waals surface area (Å²) in [5.41, 5.74) is 7.40. The van der Waals surface area contributed by atoms with E-state index < -0.39 is 6.09 Å². The van der Waals surface area contributed by atoms with Crippen molar-refractivity contribution in [2.75, 3.05) is 28.4 Å². The predicted octanol–water partition coefficient (Wildman–Crippen LogP) is 3.58. The number of guanidine groups is 1. The average molecular weight is 533 g/mol. The second kappa shape index (κ2) is 16.6. The van der Waals surface area contributed by atoms with Gasteiger partial charge in [-0.15, -0.1) is 0 Å². The molecule has 0 bridgehead atoms. The molecular formula is C27H40N4O7. The predicted molar refractivity (Wildman–Crippen MR) is 146 cm³/mol. The highest BCUT2D eigenvalue weighted by molar-refractivity contribution is 5.97. The van der Waals surface area contributed by atoms with Crippen molar-refractivity contribution in [2.24, 2.45) is 16.6 Å². The van der Waals surface area contributed by atoms with E-state index in [2.05, 4.69) is 29.5 Å². The normalized spacial score (nSPS) is 11.5. The Morgan fingerprint density at radius 1 is 0.868 bits per heavy atom. The fourth-order valence-corrected chi connectivity index (χ4v) is 3.54. The monoisotopic (exact) mass is 532 g/mol. The van der Waals surface area contributed by atoms with E-state index in [0.29, 0.717) is 28.9 Å². The molecule has 0 saturated carbocycles. The number of carbonyl (C=O) groups excluding carboxylic acids is 1. The highest BCUT2D eigenvalue weighted by Crippen LogP contribution is 2.28. The third-order valence-electron chi connectivity index (χ3n) is 5.14. The molecule has 0 aliphatic heterocycles. The van der Waals surface area contributed by atoms with E-state index in [1.165, 1.54) is 7.11 Å². The van der Waals surface area contributed by atoms with Gasteiger partial charge in [0.1, 0.15) is 0 Å². The second-order valence-corrected chi connectivity index (χ2v) is 8.76. The van der Waals surface area contributed by atoms with Crippen molar-refractivity contribution in [3.05, 3.63) is 47.5 Å². The van der Waals surface area contributed by atoms with Crippen molar-refractivity contribution < 1.29 is 33.6 Å². The molecule has 0 heterocycles. The summed E-state index contributed by atoms with van der Waals surface area (Å²) < 4.78 is 20.5. The molecule has 0 aromatic heterocycles. The highest BCUT2D eigenvalue weighted by atomic mass is 16.5. The van der Waals surface area contributed by atoms with E-state index >= 15 is 0 Å². The standard InChI is InChI=1S/C17H27N3O3.C10H13NO4/c1-11(2)8-12(3)19-17(18)20-16(21)10-13-6-7-14(22-4)15(9-13)23-5;1-14-8-4-3-7(5-9(8)15-2)6-11-10(12)13/h6-7,9,11-12H,8,10H2,1-5H3,(H3,18,19,20,21);3-5,11H,6H2,1-2H3,(H,12,13)/t12-;/m1./s1. The van der Waals surface area contributed by atoms with E-state index in [0.717, 1.165) is 17.5 Å². The van der Waals surface area contributed by atoms with E-state index in [1.54, 1.807) is 51.7 Å². The molecule has 1 atom stereocenters. The first kappa shape index (κ1) is 31.9. The van der Waals surface area contributed by atoms with E-state index in [9.17, 15) is 9.59 Å². The Morgan fingerprint density at radius 2 is 1.37 bits per heavy atom. The zero-order chi connectivity index (χ0) is 28.7. The van der Waals surface area contributed by atoms with Gasteiger partial charge in [-0.3, -0.25) is 15.1 Å². The summed E-state index contributed by atoms with van der Waals surface area (Å²) in [4.78, 5) is 26.6. The largest absolute Gasteiger partial charge is 0.493 e. The smallest absolute Gasteiger partial charge is 0.404 e. The van der Waals surface area contributed by atoms with Gasteiger partial charge in [-0.1, -0.05) is 26.0 Å². The molecule has 38 heavy (non-hydrogen) atoms. The fraction of sp³-hybridized carbons (Fsp3) is 0.444. The second-order valence-electron chi connectivity index (χ2n) is 8.76. The maximum Gasteiger partial charge on any atom is 0.404 e. The maximum absolute atomic E-state index is 12.0. The van der Waals surface area contributed by atoms with Gasteiger partial charge in [0.15, 0.2) is 29.0 Å². The Morgan fingerprint density at radius 3 is 1.84 bits per heavy atom. The van der Waals surface area contributed by atoms with Crippen LogP contribution in [0, 0.1) is 5.92 Å². The summed E-state index contributed by atoms with van der Waals surface area (Å²) in [5, 5.41) is 13.3. The van der Waals surface area contributed by atoms with Gasteiger partial charge in [-0.2, -0.15) is 0 Å². The van der Waals surface area contributed by atoms with Gasteiger partial charge in [-0.05, 0) is 54.7 Å². The summed E-state index contributed by atoms with van der Waals surface area (Å²) >= 11 is 0. The van der Waals surface area contributed by atoms with Crippen LogP contribution in [0.2, 0.25) is 0 Å². The Bertz CT molecular complexity index is 1070. The van der Waals surface area contributed by atoms with Gasteiger partial charge in [0.25, 0.3) is 0 Å². The van der Waals surface area contributed by atoms with Gasteiger partial charge in [0.05, 0.1) is 40.9 Å². The summed E-state index contributed by atoms with van der Waals surface area (Å²) in [6, 6.07) is 10.7. The minimum absolute atomic E-state index is 0.0800. The fourth-order valence-electron chi connectivity index (χ4n) is 3.54. The van der Waals surface area contributed by atoms with Crippen LogP contribution in [-0.2, 0) is 17.8 Å². The topological polar surface area (TPSA) is 154 Å². The summed E-state index contributed by atoms with van der Waals surface area (Å²) in [6.45, 7) is 6.47. The zero-order valence-corrected chi connectivity index (χ0v) is 23.2. The lowest BCUT2D eigenvalue weighted by Crippen LogP contribution is -2.38. The van der Waals surface area contributed by atoms with Crippen molar-refractivity contribution in [1.29, 1.82) is 0 Å². The third-order valence-corrected chi connectivity index (χ3v) is 5.14. The van der Waals surface area contributed by atoms with Crippen molar-refractivity contribution in [1.82, 2.24) is 10.6 Å². The van der Waals surface area contributed by atoms with Crippen LogP contribution in [0.25, 0.3) is 0 Å². The quantitative estimate of drug-likeness (QED) is 0.253. The van der Waals surface area contributed by atoms with Crippen LogP contribution in [0.15, 0.2) is 41.4 Å². The Balaban J connectivity index is 0.000000415. The number of nitrogens with one attached hydrogen (secondary N) is 2. The molecule has 11 heteroatoms. The zero-order valence-electron chi connectivity index (χ0n) is 23.2. The van der Waals surface area contributed by atoms with Gasteiger partial charge < -0.3 is 35.1 Å². The van der Waals surface area contributed by atoms with Crippen LogP contribution in [0.3, 0.4) is 0 Å². The van der Waals surface area contributed by atoms with Gasteiger partial charge in [-0.25, -0.2) is 4.79 Å². The molecule has 0 aliphatic rings. The van der Waals surface area contributed by atoms with Crippen LogP contribution in [0.5, 0.6) is 23.0 Å². The number of methoxy groups -OCH3 is 4. The lowest BCUT2D eigenvalue weighted by atomic mass is 10.1. The van der Waals surface area contributed by atoms with E-state index in [1.807, 2.05) is 13.0 Å².